The van der Waals surface area contributed by atoms with Crippen molar-refractivity contribution in [3.8, 4) is 0 Å². The summed E-state index contributed by atoms with van der Waals surface area (Å²) in [5.74, 6) is -2.83. The summed E-state index contributed by atoms with van der Waals surface area (Å²) in [5, 5.41) is 27.7. The van der Waals surface area contributed by atoms with E-state index in [1.54, 1.807) is 6.20 Å². The van der Waals surface area contributed by atoms with Gasteiger partial charge in [0, 0.05) is 23.5 Å². The Morgan fingerprint density at radius 2 is 1.66 bits per heavy atom. The number of carboxylic acids is 1. The first-order valence-corrected chi connectivity index (χ1v) is 14.0. The van der Waals surface area contributed by atoms with Crippen molar-refractivity contribution in [1.29, 1.82) is 0 Å². The summed E-state index contributed by atoms with van der Waals surface area (Å²) in [7, 11) is 0. The lowest BCUT2D eigenvalue weighted by atomic mass is 9.98. The highest BCUT2D eigenvalue weighted by atomic mass is 32.2. The molecule has 0 aliphatic heterocycles. The number of aliphatic hydroxyl groups excluding tert-OH is 1. The standard InChI is InChI=1S/C26H39N5O6S/c1-5-14(2)21(27)25(35)30-20(12-16-13-28-18-9-7-6-8-17(16)18)24(34)29-19(10-11-38-4)23(33)31-22(15(3)32)26(36)37/h6-9,13-15,19-22,28,32H,5,10-12,27H2,1-4H3,(H,29,34)(H,30,35)(H,31,33)(H,36,37). The molecule has 6 atom stereocenters. The number of nitrogens with one attached hydrogen (secondary N) is 4. The van der Waals surface area contributed by atoms with Crippen molar-refractivity contribution in [2.75, 3.05) is 12.0 Å². The van der Waals surface area contributed by atoms with E-state index in [2.05, 4.69) is 20.9 Å². The van der Waals surface area contributed by atoms with Crippen LogP contribution in [0.5, 0.6) is 0 Å². The molecule has 0 bridgehead atoms. The number of carbonyl (C=O) groups excluding carboxylic acids is 3. The summed E-state index contributed by atoms with van der Waals surface area (Å²) >= 11 is 1.45. The Morgan fingerprint density at radius 3 is 2.26 bits per heavy atom. The number of hydrogen-bond acceptors (Lipinski definition) is 7. The molecule has 1 aromatic heterocycles. The average Bonchev–Trinajstić information content (AvgIpc) is 3.30. The second-order valence-electron chi connectivity index (χ2n) is 9.44. The van der Waals surface area contributed by atoms with Crippen molar-refractivity contribution in [2.24, 2.45) is 11.7 Å². The molecule has 3 amide bonds. The van der Waals surface area contributed by atoms with Crippen LogP contribution in [0.25, 0.3) is 10.9 Å². The number of thioether (sulfide) groups is 1. The molecular formula is C26H39N5O6S. The first-order valence-electron chi connectivity index (χ1n) is 12.6. The minimum absolute atomic E-state index is 0.111. The smallest absolute Gasteiger partial charge is 0.328 e. The molecule has 0 spiro atoms. The largest absolute Gasteiger partial charge is 0.480 e. The number of hydrogen-bond donors (Lipinski definition) is 7. The van der Waals surface area contributed by atoms with Gasteiger partial charge in [-0.15, -0.1) is 0 Å². The summed E-state index contributed by atoms with van der Waals surface area (Å²) in [6.07, 6.45) is 3.29. The number of aromatic amines is 1. The molecule has 0 aliphatic carbocycles. The van der Waals surface area contributed by atoms with Crippen molar-refractivity contribution in [2.45, 2.75) is 70.3 Å². The third-order valence-corrected chi connectivity index (χ3v) is 7.23. The number of aromatic nitrogens is 1. The van der Waals surface area contributed by atoms with E-state index in [9.17, 15) is 29.4 Å². The third kappa shape index (κ3) is 8.47. The maximum atomic E-state index is 13.5. The Morgan fingerprint density at radius 1 is 1.03 bits per heavy atom. The van der Waals surface area contributed by atoms with E-state index < -0.39 is 54.0 Å². The molecule has 6 unspecified atom stereocenters. The minimum atomic E-state index is -1.54. The van der Waals surface area contributed by atoms with Crippen molar-refractivity contribution in [1.82, 2.24) is 20.9 Å². The molecule has 0 saturated carbocycles. The number of amides is 3. The molecule has 0 fully saturated rings. The third-order valence-electron chi connectivity index (χ3n) is 6.58. The summed E-state index contributed by atoms with van der Waals surface area (Å²) in [4.78, 5) is 54.0. The number of carboxylic acid groups (broad SMARTS) is 1. The molecule has 11 nitrogen and oxygen atoms in total. The normalized spacial score (nSPS) is 16.1. The van der Waals surface area contributed by atoms with Gasteiger partial charge in [0.05, 0.1) is 12.1 Å². The zero-order chi connectivity index (χ0) is 28.4. The van der Waals surface area contributed by atoms with E-state index in [1.807, 2.05) is 44.4 Å². The fourth-order valence-electron chi connectivity index (χ4n) is 3.93. The Labute approximate surface area is 226 Å². The summed E-state index contributed by atoms with van der Waals surface area (Å²) in [5.41, 5.74) is 7.78. The molecule has 2 aromatic rings. The second-order valence-corrected chi connectivity index (χ2v) is 10.4. The highest BCUT2D eigenvalue weighted by Crippen LogP contribution is 2.19. The predicted molar refractivity (Wildman–Crippen MR) is 148 cm³/mol. The number of para-hydroxylation sites is 1. The lowest BCUT2D eigenvalue weighted by Crippen LogP contribution is -2.59. The lowest BCUT2D eigenvalue weighted by Gasteiger charge is -2.26. The monoisotopic (exact) mass is 549 g/mol. The van der Waals surface area contributed by atoms with Crippen molar-refractivity contribution in [3.63, 3.8) is 0 Å². The molecule has 0 aliphatic rings. The number of nitrogens with two attached hydrogens (primary N) is 1. The van der Waals surface area contributed by atoms with Crippen LogP contribution in [0.4, 0.5) is 0 Å². The van der Waals surface area contributed by atoms with Gasteiger partial charge in [-0.1, -0.05) is 38.5 Å². The van der Waals surface area contributed by atoms with Crippen molar-refractivity contribution < 1.29 is 29.4 Å². The van der Waals surface area contributed by atoms with E-state index in [-0.39, 0.29) is 18.8 Å². The van der Waals surface area contributed by atoms with Crippen LogP contribution in [0.15, 0.2) is 30.5 Å². The van der Waals surface area contributed by atoms with Gasteiger partial charge in [-0.25, -0.2) is 4.79 Å². The van der Waals surface area contributed by atoms with Gasteiger partial charge in [-0.05, 0) is 42.9 Å². The van der Waals surface area contributed by atoms with Crippen LogP contribution in [0.3, 0.4) is 0 Å². The number of rotatable bonds is 15. The molecule has 12 heteroatoms. The number of carbonyl (C=O) groups is 4. The van der Waals surface area contributed by atoms with E-state index in [0.29, 0.717) is 12.2 Å². The fourth-order valence-corrected chi connectivity index (χ4v) is 4.40. The topological polar surface area (TPSA) is 187 Å². The van der Waals surface area contributed by atoms with Crippen molar-refractivity contribution >= 4 is 46.4 Å². The fraction of sp³-hybridized carbons (Fsp3) is 0.538. The number of H-pyrrole nitrogens is 1. The number of benzene rings is 1. The van der Waals surface area contributed by atoms with Crippen LogP contribution in [-0.4, -0.2) is 81.2 Å². The lowest BCUT2D eigenvalue weighted by molar-refractivity contribution is -0.145. The maximum Gasteiger partial charge on any atom is 0.328 e. The number of fused-ring (bicyclic) bond motifs is 1. The summed E-state index contributed by atoms with van der Waals surface area (Å²) < 4.78 is 0. The zero-order valence-electron chi connectivity index (χ0n) is 22.2. The molecule has 0 saturated heterocycles. The Hall–Kier alpha value is -3.09. The van der Waals surface area contributed by atoms with E-state index in [1.165, 1.54) is 18.7 Å². The second kappa shape index (κ2) is 14.7. The molecule has 0 radical (unpaired) electrons. The summed E-state index contributed by atoms with van der Waals surface area (Å²) in [6.45, 7) is 5.02. The molecule has 1 aromatic carbocycles. The van der Waals surface area contributed by atoms with E-state index in [0.717, 1.165) is 16.5 Å². The Balaban J connectivity index is 2.31. The van der Waals surface area contributed by atoms with E-state index >= 15 is 0 Å². The average molecular weight is 550 g/mol. The van der Waals surface area contributed by atoms with Crippen LogP contribution in [0.1, 0.15) is 39.2 Å². The SMILES string of the molecule is CCC(C)C(N)C(=O)NC(Cc1c[nH]c2ccccc12)C(=O)NC(CCSC)C(=O)NC(C(=O)O)C(C)O. The molecule has 1 heterocycles. The molecular weight excluding hydrogens is 510 g/mol. The van der Waals surface area contributed by atoms with Gasteiger partial charge in [-0.2, -0.15) is 11.8 Å². The van der Waals surface area contributed by atoms with Gasteiger partial charge in [0.2, 0.25) is 17.7 Å². The summed E-state index contributed by atoms with van der Waals surface area (Å²) in [6, 6.07) is 3.06. The minimum Gasteiger partial charge on any atom is -0.480 e. The Bertz CT molecular complexity index is 1110. The quantitative estimate of drug-likeness (QED) is 0.170. The highest BCUT2D eigenvalue weighted by molar-refractivity contribution is 7.98. The molecule has 2 rings (SSSR count). The van der Waals surface area contributed by atoms with E-state index in [4.69, 9.17) is 5.73 Å². The van der Waals surface area contributed by atoms with Gasteiger partial charge >= 0.3 is 5.97 Å². The van der Waals surface area contributed by atoms with Crippen molar-refractivity contribution in [3.05, 3.63) is 36.0 Å². The number of aliphatic carboxylic acids is 1. The first-order chi connectivity index (χ1) is 18.0. The van der Waals surface area contributed by atoms with Crippen LogP contribution in [0.2, 0.25) is 0 Å². The van der Waals surface area contributed by atoms with Gasteiger partial charge in [0.1, 0.15) is 12.1 Å². The first kappa shape index (κ1) is 31.1. The van der Waals surface area contributed by atoms with Crippen LogP contribution >= 0.6 is 11.8 Å². The molecule has 8 N–H and O–H groups in total. The van der Waals surface area contributed by atoms with Gasteiger partial charge < -0.3 is 36.9 Å². The Kier molecular flexibility index (Phi) is 12.1. The van der Waals surface area contributed by atoms with Crippen LogP contribution in [0, 0.1) is 5.92 Å². The predicted octanol–water partition coefficient (Wildman–Crippen LogP) is 0.757. The molecule has 38 heavy (non-hydrogen) atoms. The van der Waals surface area contributed by atoms with Crippen LogP contribution in [-0.2, 0) is 25.6 Å². The zero-order valence-corrected chi connectivity index (χ0v) is 23.0. The van der Waals surface area contributed by atoms with Gasteiger partial charge in [0.25, 0.3) is 0 Å². The maximum absolute atomic E-state index is 13.5. The van der Waals surface area contributed by atoms with Gasteiger partial charge in [-0.3, -0.25) is 14.4 Å². The van der Waals surface area contributed by atoms with Gasteiger partial charge in [0.15, 0.2) is 6.04 Å². The molecule has 210 valence electrons. The highest BCUT2D eigenvalue weighted by Gasteiger charge is 2.32. The van der Waals surface area contributed by atoms with Crippen LogP contribution < -0.4 is 21.7 Å². The number of aliphatic hydroxyl groups is 1.